The molecular weight excluding hydrogens is 192 g/mol. The van der Waals surface area contributed by atoms with Crippen molar-refractivity contribution in [3.63, 3.8) is 0 Å². The van der Waals surface area contributed by atoms with Gasteiger partial charge in [0.1, 0.15) is 0 Å². The van der Waals surface area contributed by atoms with Crippen molar-refractivity contribution in [2.45, 2.75) is 19.5 Å². The summed E-state index contributed by atoms with van der Waals surface area (Å²) >= 11 is 1.80. The highest BCUT2D eigenvalue weighted by atomic mass is 32.1. The van der Waals surface area contributed by atoms with Crippen LogP contribution in [0.1, 0.15) is 23.4 Å². The maximum Gasteiger partial charge on any atom is 0.0388 e. The van der Waals surface area contributed by atoms with E-state index in [1.807, 2.05) is 12.4 Å². The van der Waals surface area contributed by atoms with Gasteiger partial charge in [-0.25, -0.2) is 0 Å². The molecule has 0 amide bonds. The fraction of sp³-hybridized carbons (Fsp3) is 0.273. The average Bonchev–Trinajstić information content (AvgIpc) is 2.87. The predicted octanol–water partition coefficient (Wildman–Crippen LogP) is 2.93. The minimum Gasteiger partial charge on any atom is -0.367 e. The third kappa shape index (κ3) is 2.25. The molecule has 2 rings (SSSR count). The summed E-state index contributed by atoms with van der Waals surface area (Å²) in [5.74, 6) is 0. The van der Waals surface area contributed by atoms with Crippen LogP contribution < -0.4 is 5.32 Å². The van der Waals surface area contributed by atoms with E-state index in [1.54, 1.807) is 11.3 Å². The molecule has 2 aromatic heterocycles. The molecule has 0 aliphatic heterocycles. The van der Waals surface area contributed by atoms with Crippen LogP contribution in [0.3, 0.4) is 0 Å². The topological polar surface area (TPSA) is 27.8 Å². The van der Waals surface area contributed by atoms with E-state index in [9.17, 15) is 0 Å². The SMILES string of the molecule is C[C@H](NCc1cc[nH]c1)c1cccs1. The van der Waals surface area contributed by atoms with Gasteiger partial charge in [-0.1, -0.05) is 6.07 Å². The third-order valence-electron chi connectivity index (χ3n) is 2.24. The summed E-state index contributed by atoms with van der Waals surface area (Å²) in [5.41, 5.74) is 1.30. The van der Waals surface area contributed by atoms with Crippen molar-refractivity contribution in [1.82, 2.24) is 10.3 Å². The summed E-state index contributed by atoms with van der Waals surface area (Å²) in [4.78, 5) is 4.44. The van der Waals surface area contributed by atoms with Crippen LogP contribution >= 0.6 is 11.3 Å². The molecule has 0 fully saturated rings. The van der Waals surface area contributed by atoms with E-state index < -0.39 is 0 Å². The molecule has 1 atom stereocenters. The minimum atomic E-state index is 0.435. The Hall–Kier alpha value is -1.06. The molecule has 0 saturated heterocycles. The lowest BCUT2D eigenvalue weighted by molar-refractivity contribution is 0.583. The van der Waals surface area contributed by atoms with Crippen LogP contribution in [-0.2, 0) is 6.54 Å². The summed E-state index contributed by atoms with van der Waals surface area (Å²) in [6.07, 6.45) is 3.97. The first-order chi connectivity index (χ1) is 6.86. The van der Waals surface area contributed by atoms with Gasteiger partial charge in [0.15, 0.2) is 0 Å². The number of H-pyrrole nitrogens is 1. The van der Waals surface area contributed by atoms with Gasteiger partial charge in [-0.05, 0) is 30.0 Å². The van der Waals surface area contributed by atoms with E-state index >= 15 is 0 Å². The molecule has 2 aromatic rings. The number of aromatic amines is 1. The van der Waals surface area contributed by atoms with Gasteiger partial charge in [-0.2, -0.15) is 0 Å². The zero-order chi connectivity index (χ0) is 9.80. The van der Waals surface area contributed by atoms with Gasteiger partial charge >= 0.3 is 0 Å². The molecule has 0 radical (unpaired) electrons. The van der Waals surface area contributed by atoms with E-state index in [-0.39, 0.29) is 0 Å². The Labute approximate surface area is 88.0 Å². The summed E-state index contributed by atoms with van der Waals surface area (Å²) < 4.78 is 0. The molecule has 2 heterocycles. The first kappa shape index (κ1) is 9.49. The third-order valence-corrected chi connectivity index (χ3v) is 3.30. The molecule has 0 aliphatic rings. The monoisotopic (exact) mass is 206 g/mol. The second kappa shape index (κ2) is 4.44. The Morgan fingerprint density at radius 3 is 3.07 bits per heavy atom. The minimum absolute atomic E-state index is 0.435. The lowest BCUT2D eigenvalue weighted by atomic mass is 10.2. The van der Waals surface area contributed by atoms with Gasteiger partial charge in [-0.3, -0.25) is 0 Å². The van der Waals surface area contributed by atoms with Crippen molar-refractivity contribution >= 4 is 11.3 Å². The van der Waals surface area contributed by atoms with Crippen molar-refractivity contribution in [1.29, 1.82) is 0 Å². The number of aromatic nitrogens is 1. The molecule has 0 aromatic carbocycles. The van der Waals surface area contributed by atoms with Crippen molar-refractivity contribution < 1.29 is 0 Å². The summed E-state index contributed by atoms with van der Waals surface area (Å²) in [5, 5.41) is 5.59. The standard InChI is InChI=1S/C11H14N2S/c1-9(11-3-2-6-14-11)13-8-10-4-5-12-7-10/h2-7,9,12-13H,8H2,1H3/t9-/m0/s1. The second-order valence-corrected chi connectivity index (χ2v) is 4.32. The zero-order valence-electron chi connectivity index (χ0n) is 8.16. The molecule has 0 aliphatic carbocycles. The highest BCUT2D eigenvalue weighted by Gasteiger charge is 2.04. The first-order valence-electron chi connectivity index (χ1n) is 4.75. The van der Waals surface area contributed by atoms with E-state index in [0.717, 1.165) is 6.54 Å². The predicted molar refractivity (Wildman–Crippen MR) is 60.4 cm³/mol. The van der Waals surface area contributed by atoms with Crippen LogP contribution in [0.25, 0.3) is 0 Å². The molecule has 0 unspecified atom stereocenters. The second-order valence-electron chi connectivity index (χ2n) is 3.34. The van der Waals surface area contributed by atoms with E-state index in [2.05, 4.69) is 40.8 Å². The molecule has 14 heavy (non-hydrogen) atoms. The van der Waals surface area contributed by atoms with Gasteiger partial charge in [0, 0.05) is 29.9 Å². The molecule has 0 spiro atoms. The Bertz CT molecular complexity index is 351. The smallest absolute Gasteiger partial charge is 0.0388 e. The number of hydrogen-bond donors (Lipinski definition) is 2. The van der Waals surface area contributed by atoms with E-state index in [0.29, 0.717) is 6.04 Å². The van der Waals surface area contributed by atoms with Crippen molar-refractivity contribution in [3.8, 4) is 0 Å². The lowest BCUT2D eigenvalue weighted by Crippen LogP contribution is -2.16. The summed E-state index contributed by atoms with van der Waals surface area (Å²) in [6, 6.07) is 6.78. The van der Waals surface area contributed by atoms with Gasteiger partial charge < -0.3 is 10.3 Å². The average molecular weight is 206 g/mol. The van der Waals surface area contributed by atoms with Crippen LogP contribution in [0, 0.1) is 0 Å². The molecule has 0 saturated carbocycles. The molecule has 2 nitrogen and oxygen atoms in total. The number of thiophene rings is 1. The maximum absolute atomic E-state index is 3.48. The molecule has 0 bridgehead atoms. The Kier molecular flexibility index (Phi) is 3.01. The zero-order valence-corrected chi connectivity index (χ0v) is 8.97. The summed E-state index contributed by atoms with van der Waals surface area (Å²) in [6.45, 7) is 3.11. The van der Waals surface area contributed by atoms with Crippen LogP contribution in [0.2, 0.25) is 0 Å². The molecular formula is C11H14N2S. The quantitative estimate of drug-likeness (QED) is 0.791. The maximum atomic E-state index is 3.48. The van der Waals surface area contributed by atoms with Crippen molar-refractivity contribution in [2.24, 2.45) is 0 Å². The first-order valence-corrected chi connectivity index (χ1v) is 5.62. The van der Waals surface area contributed by atoms with Crippen LogP contribution in [0.15, 0.2) is 36.0 Å². The van der Waals surface area contributed by atoms with Gasteiger partial charge in [0.25, 0.3) is 0 Å². The molecule has 74 valence electrons. The van der Waals surface area contributed by atoms with Crippen LogP contribution in [0.4, 0.5) is 0 Å². The fourth-order valence-corrected chi connectivity index (χ4v) is 2.14. The largest absolute Gasteiger partial charge is 0.367 e. The highest BCUT2D eigenvalue weighted by molar-refractivity contribution is 7.10. The lowest BCUT2D eigenvalue weighted by Gasteiger charge is -2.10. The van der Waals surface area contributed by atoms with Crippen LogP contribution in [-0.4, -0.2) is 4.98 Å². The fourth-order valence-electron chi connectivity index (χ4n) is 1.38. The van der Waals surface area contributed by atoms with Crippen molar-refractivity contribution in [3.05, 3.63) is 46.4 Å². The van der Waals surface area contributed by atoms with Gasteiger partial charge in [0.2, 0.25) is 0 Å². The highest BCUT2D eigenvalue weighted by Crippen LogP contribution is 2.18. The van der Waals surface area contributed by atoms with Gasteiger partial charge in [-0.15, -0.1) is 11.3 Å². The number of hydrogen-bond acceptors (Lipinski definition) is 2. The summed E-state index contributed by atoms with van der Waals surface area (Å²) in [7, 11) is 0. The van der Waals surface area contributed by atoms with E-state index in [1.165, 1.54) is 10.4 Å². The Morgan fingerprint density at radius 1 is 1.50 bits per heavy atom. The number of rotatable bonds is 4. The van der Waals surface area contributed by atoms with Crippen molar-refractivity contribution in [2.75, 3.05) is 0 Å². The Morgan fingerprint density at radius 2 is 2.43 bits per heavy atom. The van der Waals surface area contributed by atoms with Gasteiger partial charge in [0.05, 0.1) is 0 Å². The number of nitrogens with one attached hydrogen (secondary N) is 2. The molecule has 2 N–H and O–H groups in total. The normalized spacial score (nSPS) is 12.9. The van der Waals surface area contributed by atoms with Crippen LogP contribution in [0.5, 0.6) is 0 Å². The Balaban J connectivity index is 1.87. The molecule has 3 heteroatoms. The van der Waals surface area contributed by atoms with E-state index in [4.69, 9.17) is 0 Å².